The van der Waals surface area contributed by atoms with Crippen LogP contribution in [0.15, 0.2) is 24.3 Å². The maximum atomic E-state index is 12.8. The molecule has 6 heteroatoms. The number of hydrogen-bond acceptors (Lipinski definition) is 4. The molecule has 0 bridgehead atoms. The molecule has 0 radical (unpaired) electrons. The SMILES string of the molecule is CC(C)NC(=O)CN1CCN(C(=O)c2ccc([C@@H]3CCCNC3)cc2)CC1. The highest BCUT2D eigenvalue weighted by atomic mass is 16.2. The van der Waals surface area contributed by atoms with Gasteiger partial charge in [-0.15, -0.1) is 0 Å². The molecule has 2 aliphatic heterocycles. The topological polar surface area (TPSA) is 64.7 Å². The fourth-order valence-electron chi connectivity index (χ4n) is 3.90. The average Bonchev–Trinajstić information content (AvgIpc) is 2.68. The number of piperazine rings is 1. The van der Waals surface area contributed by atoms with Crippen molar-refractivity contribution in [1.29, 1.82) is 0 Å². The number of carbonyl (C=O) groups is 2. The Kier molecular flexibility index (Phi) is 6.85. The molecule has 2 heterocycles. The van der Waals surface area contributed by atoms with Crippen LogP contribution < -0.4 is 10.6 Å². The standard InChI is InChI=1S/C21H32N4O2/c1-16(2)23-20(26)15-24-10-12-25(13-11-24)21(27)18-7-5-17(6-8-18)19-4-3-9-22-14-19/h5-8,16,19,22H,3-4,9-15H2,1-2H3,(H,23,26)/t19-/m1/s1. The van der Waals surface area contributed by atoms with Crippen molar-refractivity contribution in [2.45, 2.75) is 38.6 Å². The Morgan fingerprint density at radius 2 is 1.85 bits per heavy atom. The van der Waals surface area contributed by atoms with E-state index in [4.69, 9.17) is 0 Å². The number of piperidine rings is 1. The van der Waals surface area contributed by atoms with E-state index in [9.17, 15) is 9.59 Å². The molecule has 0 aliphatic carbocycles. The van der Waals surface area contributed by atoms with E-state index >= 15 is 0 Å². The molecule has 2 amide bonds. The highest BCUT2D eigenvalue weighted by Gasteiger charge is 2.24. The highest BCUT2D eigenvalue weighted by molar-refractivity contribution is 5.94. The summed E-state index contributed by atoms with van der Waals surface area (Å²) in [6.45, 7) is 9.29. The molecule has 1 aromatic carbocycles. The van der Waals surface area contributed by atoms with Gasteiger partial charge in [0.25, 0.3) is 5.91 Å². The summed E-state index contributed by atoms with van der Waals surface area (Å²) in [7, 11) is 0. The fourth-order valence-corrected chi connectivity index (χ4v) is 3.90. The van der Waals surface area contributed by atoms with Crippen molar-refractivity contribution in [3.63, 3.8) is 0 Å². The average molecular weight is 373 g/mol. The minimum absolute atomic E-state index is 0.0533. The van der Waals surface area contributed by atoms with E-state index < -0.39 is 0 Å². The molecule has 0 aromatic heterocycles. The van der Waals surface area contributed by atoms with Crippen molar-refractivity contribution in [3.05, 3.63) is 35.4 Å². The van der Waals surface area contributed by atoms with Gasteiger partial charge < -0.3 is 15.5 Å². The smallest absolute Gasteiger partial charge is 0.253 e. The summed E-state index contributed by atoms with van der Waals surface area (Å²) >= 11 is 0. The third kappa shape index (κ3) is 5.53. The first-order valence-electron chi connectivity index (χ1n) is 10.1. The van der Waals surface area contributed by atoms with E-state index in [1.807, 2.05) is 30.9 Å². The van der Waals surface area contributed by atoms with Crippen LogP contribution in [0, 0.1) is 0 Å². The first-order chi connectivity index (χ1) is 13.0. The number of nitrogens with one attached hydrogen (secondary N) is 2. The summed E-state index contributed by atoms with van der Waals surface area (Å²) in [5, 5.41) is 6.36. The van der Waals surface area contributed by atoms with Gasteiger partial charge in [-0.3, -0.25) is 14.5 Å². The van der Waals surface area contributed by atoms with Crippen LogP contribution >= 0.6 is 0 Å². The Bertz CT molecular complexity index is 630. The summed E-state index contributed by atoms with van der Waals surface area (Å²) in [5.41, 5.74) is 2.08. The monoisotopic (exact) mass is 372 g/mol. The second-order valence-corrected chi connectivity index (χ2v) is 7.96. The summed E-state index contributed by atoms with van der Waals surface area (Å²) < 4.78 is 0. The molecule has 0 saturated carbocycles. The minimum Gasteiger partial charge on any atom is -0.353 e. The second-order valence-electron chi connectivity index (χ2n) is 7.96. The van der Waals surface area contributed by atoms with Gasteiger partial charge >= 0.3 is 0 Å². The lowest BCUT2D eigenvalue weighted by atomic mass is 9.91. The molecule has 1 aromatic rings. The van der Waals surface area contributed by atoms with Crippen molar-refractivity contribution in [3.8, 4) is 0 Å². The van der Waals surface area contributed by atoms with Gasteiger partial charge in [0, 0.05) is 44.3 Å². The molecule has 6 nitrogen and oxygen atoms in total. The Labute approximate surface area is 162 Å². The van der Waals surface area contributed by atoms with Crippen LogP contribution in [0.4, 0.5) is 0 Å². The molecule has 2 saturated heterocycles. The Balaban J connectivity index is 1.49. The largest absolute Gasteiger partial charge is 0.353 e. The van der Waals surface area contributed by atoms with Crippen LogP contribution in [0.5, 0.6) is 0 Å². The van der Waals surface area contributed by atoms with Crippen LogP contribution in [-0.2, 0) is 4.79 Å². The van der Waals surface area contributed by atoms with Crippen molar-refractivity contribution in [1.82, 2.24) is 20.4 Å². The molecule has 148 valence electrons. The lowest BCUT2D eigenvalue weighted by Crippen LogP contribution is -2.51. The van der Waals surface area contributed by atoms with E-state index in [0.717, 1.165) is 31.7 Å². The molecular formula is C21H32N4O2. The van der Waals surface area contributed by atoms with E-state index in [1.54, 1.807) is 0 Å². The van der Waals surface area contributed by atoms with Crippen LogP contribution in [-0.4, -0.2) is 73.5 Å². The molecule has 27 heavy (non-hydrogen) atoms. The highest BCUT2D eigenvalue weighted by Crippen LogP contribution is 2.23. The van der Waals surface area contributed by atoms with Crippen molar-refractivity contribution >= 4 is 11.8 Å². The van der Waals surface area contributed by atoms with Gasteiger partial charge in [0.1, 0.15) is 0 Å². The fraction of sp³-hybridized carbons (Fsp3) is 0.619. The summed E-state index contributed by atoms with van der Waals surface area (Å²) in [5.74, 6) is 0.704. The summed E-state index contributed by atoms with van der Waals surface area (Å²) in [4.78, 5) is 28.7. The summed E-state index contributed by atoms with van der Waals surface area (Å²) in [6, 6.07) is 8.31. The van der Waals surface area contributed by atoms with E-state index in [-0.39, 0.29) is 17.9 Å². The van der Waals surface area contributed by atoms with Gasteiger partial charge in [-0.05, 0) is 56.8 Å². The zero-order valence-corrected chi connectivity index (χ0v) is 16.5. The number of carbonyl (C=O) groups excluding carboxylic acids is 2. The number of rotatable bonds is 5. The molecule has 0 spiro atoms. The minimum atomic E-state index is 0.0533. The van der Waals surface area contributed by atoms with Gasteiger partial charge in [-0.2, -0.15) is 0 Å². The molecule has 2 aliphatic rings. The molecule has 0 unspecified atom stereocenters. The number of nitrogens with zero attached hydrogens (tertiary/aromatic N) is 2. The van der Waals surface area contributed by atoms with Crippen LogP contribution in [0.3, 0.4) is 0 Å². The van der Waals surface area contributed by atoms with Crippen LogP contribution in [0.25, 0.3) is 0 Å². The lowest BCUT2D eigenvalue weighted by molar-refractivity contribution is -0.123. The maximum absolute atomic E-state index is 12.8. The first kappa shape index (κ1) is 19.8. The zero-order valence-electron chi connectivity index (χ0n) is 16.5. The third-order valence-electron chi connectivity index (χ3n) is 5.40. The molecule has 1 atom stereocenters. The predicted octanol–water partition coefficient (Wildman–Crippen LogP) is 1.44. The quantitative estimate of drug-likeness (QED) is 0.821. The molecule has 2 N–H and O–H groups in total. The van der Waals surface area contributed by atoms with Gasteiger partial charge in [0.2, 0.25) is 5.91 Å². The lowest BCUT2D eigenvalue weighted by Gasteiger charge is -2.34. The predicted molar refractivity (Wildman–Crippen MR) is 107 cm³/mol. The number of benzene rings is 1. The second kappa shape index (κ2) is 9.33. The Hall–Kier alpha value is -1.92. The first-order valence-corrected chi connectivity index (χ1v) is 10.1. The number of hydrogen-bond donors (Lipinski definition) is 2. The van der Waals surface area contributed by atoms with Gasteiger partial charge in [0.15, 0.2) is 0 Å². The Morgan fingerprint density at radius 3 is 2.44 bits per heavy atom. The van der Waals surface area contributed by atoms with Crippen LogP contribution in [0.2, 0.25) is 0 Å². The van der Waals surface area contributed by atoms with Crippen LogP contribution in [0.1, 0.15) is 48.5 Å². The third-order valence-corrected chi connectivity index (χ3v) is 5.40. The van der Waals surface area contributed by atoms with E-state index in [1.165, 1.54) is 18.4 Å². The maximum Gasteiger partial charge on any atom is 0.253 e. The van der Waals surface area contributed by atoms with Crippen molar-refractivity contribution in [2.75, 3.05) is 45.8 Å². The summed E-state index contributed by atoms with van der Waals surface area (Å²) in [6.07, 6.45) is 2.43. The van der Waals surface area contributed by atoms with Crippen molar-refractivity contribution < 1.29 is 9.59 Å². The zero-order chi connectivity index (χ0) is 19.2. The van der Waals surface area contributed by atoms with Gasteiger partial charge in [-0.25, -0.2) is 0 Å². The van der Waals surface area contributed by atoms with E-state index in [2.05, 4.69) is 27.7 Å². The Morgan fingerprint density at radius 1 is 1.15 bits per heavy atom. The van der Waals surface area contributed by atoms with Gasteiger partial charge in [0.05, 0.1) is 6.54 Å². The normalized spacial score (nSPS) is 21.3. The van der Waals surface area contributed by atoms with Crippen molar-refractivity contribution in [2.24, 2.45) is 0 Å². The molecule has 3 rings (SSSR count). The number of amides is 2. The molecule has 2 fully saturated rings. The molecular weight excluding hydrogens is 340 g/mol. The van der Waals surface area contributed by atoms with E-state index in [0.29, 0.717) is 25.6 Å². The van der Waals surface area contributed by atoms with Gasteiger partial charge in [-0.1, -0.05) is 12.1 Å².